The third-order valence-corrected chi connectivity index (χ3v) is 5.43. The quantitative estimate of drug-likeness (QED) is 0.328. The highest BCUT2D eigenvalue weighted by atomic mass is 19.1. The van der Waals surface area contributed by atoms with Crippen LogP contribution in [0.1, 0.15) is 48.2 Å². The lowest BCUT2D eigenvalue weighted by molar-refractivity contribution is -0.142. The van der Waals surface area contributed by atoms with Crippen LogP contribution in [0.5, 0.6) is 5.88 Å². The van der Waals surface area contributed by atoms with Gasteiger partial charge in [-0.2, -0.15) is 5.10 Å². The number of aromatic nitrogens is 4. The number of H-pyrrole nitrogens is 1. The monoisotopic (exact) mass is 477 g/mol. The van der Waals surface area contributed by atoms with Gasteiger partial charge in [-0.3, -0.25) is 9.89 Å². The van der Waals surface area contributed by atoms with Crippen molar-refractivity contribution in [2.24, 2.45) is 0 Å². The number of carbonyl (C=O) groups is 1. The molecule has 0 spiro atoms. The number of rotatable bonds is 10. The number of halogens is 1. The van der Waals surface area contributed by atoms with Gasteiger partial charge in [-0.25, -0.2) is 14.4 Å². The normalized spacial score (nSPS) is 12.0. The number of ether oxygens (including phenoxy) is 2. The maximum atomic E-state index is 13.6. The molecule has 2 heterocycles. The molecule has 2 aromatic carbocycles. The van der Waals surface area contributed by atoms with Gasteiger partial charge in [-0.15, -0.1) is 0 Å². The Morgan fingerprint density at radius 3 is 2.83 bits per heavy atom. The van der Waals surface area contributed by atoms with E-state index in [9.17, 15) is 9.18 Å². The predicted octanol–water partition coefficient (Wildman–Crippen LogP) is 4.34. The van der Waals surface area contributed by atoms with Crippen molar-refractivity contribution in [3.63, 3.8) is 0 Å². The summed E-state index contributed by atoms with van der Waals surface area (Å²) in [6, 6.07) is 14.2. The fourth-order valence-corrected chi connectivity index (χ4v) is 3.64. The lowest BCUT2D eigenvalue weighted by Gasteiger charge is -2.15. The van der Waals surface area contributed by atoms with Crippen LogP contribution in [0.2, 0.25) is 0 Å². The van der Waals surface area contributed by atoms with Gasteiger partial charge in [0, 0.05) is 17.5 Å². The van der Waals surface area contributed by atoms with E-state index in [1.54, 1.807) is 13.0 Å². The van der Waals surface area contributed by atoms with Crippen LogP contribution in [0, 0.1) is 12.7 Å². The summed E-state index contributed by atoms with van der Waals surface area (Å²) in [4.78, 5) is 20.8. The topological polar surface area (TPSA) is 102 Å². The Morgan fingerprint density at radius 2 is 2.03 bits per heavy atom. The number of nitrogens with one attached hydrogen (secondary N) is 2. The smallest absolute Gasteiger partial charge is 0.313 e. The molecule has 0 aliphatic carbocycles. The number of benzene rings is 2. The molecule has 2 aromatic heterocycles. The van der Waals surface area contributed by atoms with Crippen LogP contribution in [-0.4, -0.2) is 32.7 Å². The summed E-state index contributed by atoms with van der Waals surface area (Å²) < 4.78 is 24.6. The lowest BCUT2D eigenvalue weighted by atomic mass is 10.1. The molecule has 2 N–H and O–H groups in total. The molecule has 0 saturated heterocycles. The molecule has 182 valence electrons. The minimum absolute atomic E-state index is 0.0412. The number of fused-ring (bicyclic) bond motifs is 1. The third-order valence-electron chi connectivity index (χ3n) is 5.43. The van der Waals surface area contributed by atoms with Crippen LogP contribution in [0.15, 0.2) is 48.5 Å². The van der Waals surface area contributed by atoms with Crippen molar-refractivity contribution in [3.05, 3.63) is 82.7 Å². The van der Waals surface area contributed by atoms with Crippen molar-refractivity contribution in [1.29, 1.82) is 0 Å². The van der Waals surface area contributed by atoms with Gasteiger partial charge in [0.2, 0.25) is 5.88 Å². The van der Waals surface area contributed by atoms with E-state index in [4.69, 9.17) is 14.5 Å². The van der Waals surface area contributed by atoms with Crippen LogP contribution < -0.4 is 10.1 Å². The number of carbonyl (C=O) groups excluding carboxylic acids is 1. The first kappa shape index (κ1) is 24.3. The fraction of sp³-hybridized carbons (Fsp3) is 0.308. The lowest BCUT2D eigenvalue weighted by Crippen LogP contribution is -2.20. The molecule has 1 atom stereocenters. The second-order valence-corrected chi connectivity index (χ2v) is 8.29. The van der Waals surface area contributed by atoms with E-state index >= 15 is 0 Å². The van der Waals surface area contributed by atoms with Crippen LogP contribution in [-0.2, 0) is 29.1 Å². The highest BCUT2D eigenvalue weighted by Crippen LogP contribution is 2.25. The number of aryl methyl sites for hydroxylation is 1. The summed E-state index contributed by atoms with van der Waals surface area (Å²) in [6.07, 6.45) is 0.0412. The number of esters is 1. The summed E-state index contributed by atoms with van der Waals surface area (Å²) in [5.74, 6) is 0.805. The highest BCUT2D eigenvalue weighted by molar-refractivity contribution is 5.80. The standard InChI is InChI=1S/C26H28FN5O3/c1-4-34-24(33)13-23-30-25(32-31-23)17(3)28-14-20-12-19-10-16(2)8-9-22(19)29-26(20)35-15-18-6-5-7-21(27)11-18/h5-12,17,28H,4,13-15H2,1-3H3,(H,30,31,32). The molecular weight excluding hydrogens is 449 g/mol. The van der Waals surface area contributed by atoms with Gasteiger partial charge in [0.15, 0.2) is 5.82 Å². The zero-order chi connectivity index (χ0) is 24.8. The summed E-state index contributed by atoms with van der Waals surface area (Å²) in [6.45, 7) is 6.69. The summed E-state index contributed by atoms with van der Waals surface area (Å²) in [7, 11) is 0. The predicted molar refractivity (Wildman–Crippen MR) is 129 cm³/mol. The minimum Gasteiger partial charge on any atom is -0.473 e. The largest absolute Gasteiger partial charge is 0.473 e. The molecule has 35 heavy (non-hydrogen) atoms. The van der Waals surface area contributed by atoms with E-state index in [0.717, 1.165) is 27.6 Å². The highest BCUT2D eigenvalue weighted by Gasteiger charge is 2.16. The van der Waals surface area contributed by atoms with E-state index in [0.29, 0.717) is 30.7 Å². The Labute approximate surface area is 202 Å². The van der Waals surface area contributed by atoms with Gasteiger partial charge in [-0.05, 0) is 56.7 Å². The Kier molecular flexibility index (Phi) is 7.67. The molecule has 0 saturated carbocycles. The zero-order valence-corrected chi connectivity index (χ0v) is 20.0. The maximum Gasteiger partial charge on any atom is 0.313 e. The number of hydrogen-bond acceptors (Lipinski definition) is 7. The van der Waals surface area contributed by atoms with Crippen molar-refractivity contribution < 1.29 is 18.7 Å². The van der Waals surface area contributed by atoms with Gasteiger partial charge in [0.05, 0.1) is 18.2 Å². The maximum absolute atomic E-state index is 13.6. The van der Waals surface area contributed by atoms with E-state index in [2.05, 4.69) is 26.6 Å². The van der Waals surface area contributed by atoms with Gasteiger partial charge >= 0.3 is 5.97 Å². The Bertz CT molecular complexity index is 1320. The molecule has 4 rings (SSSR count). The summed E-state index contributed by atoms with van der Waals surface area (Å²) in [5, 5.41) is 11.4. The van der Waals surface area contributed by atoms with Crippen molar-refractivity contribution in [1.82, 2.24) is 25.5 Å². The van der Waals surface area contributed by atoms with Gasteiger partial charge in [-0.1, -0.05) is 23.8 Å². The molecule has 9 heteroatoms. The van der Waals surface area contributed by atoms with Gasteiger partial charge < -0.3 is 14.8 Å². The molecule has 4 aromatic rings. The molecule has 1 unspecified atom stereocenters. The average molecular weight is 478 g/mol. The summed E-state index contributed by atoms with van der Waals surface area (Å²) in [5.41, 5.74) is 3.53. The molecule has 0 amide bonds. The molecule has 0 fully saturated rings. The number of pyridine rings is 1. The van der Waals surface area contributed by atoms with Crippen LogP contribution >= 0.6 is 0 Å². The number of hydrogen-bond donors (Lipinski definition) is 2. The fourth-order valence-electron chi connectivity index (χ4n) is 3.64. The first-order chi connectivity index (χ1) is 16.9. The Morgan fingerprint density at radius 1 is 1.17 bits per heavy atom. The van der Waals surface area contributed by atoms with Crippen molar-refractivity contribution in [3.8, 4) is 5.88 Å². The molecule has 0 bridgehead atoms. The van der Waals surface area contributed by atoms with Crippen molar-refractivity contribution in [2.75, 3.05) is 6.61 Å². The second kappa shape index (κ2) is 11.1. The van der Waals surface area contributed by atoms with E-state index in [1.165, 1.54) is 12.1 Å². The first-order valence-electron chi connectivity index (χ1n) is 11.5. The van der Waals surface area contributed by atoms with E-state index in [1.807, 2.05) is 38.1 Å². The van der Waals surface area contributed by atoms with Crippen LogP contribution in [0.4, 0.5) is 4.39 Å². The van der Waals surface area contributed by atoms with E-state index in [-0.39, 0.29) is 30.9 Å². The van der Waals surface area contributed by atoms with Crippen LogP contribution in [0.25, 0.3) is 10.9 Å². The molecule has 0 aliphatic heterocycles. The molecule has 0 radical (unpaired) electrons. The second-order valence-electron chi connectivity index (χ2n) is 8.29. The average Bonchev–Trinajstić information content (AvgIpc) is 3.29. The SMILES string of the molecule is CCOC(=O)Cc1nc(C(C)NCc2cc3cc(C)ccc3nc2OCc2cccc(F)c2)n[nH]1. The third kappa shape index (κ3) is 6.39. The number of aromatic amines is 1. The molecule has 8 nitrogen and oxygen atoms in total. The minimum atomic E-state index is -0.353. The molecular formula is C26H28FN5O3. The first-order valence-corrected chi connectivity index (χ1v) is 11.5. The Hall–Kier alpha value is -3.85. The Balaban J connectivity index is 1.50. The zero-order valence-electron chi connectivity index (χ0n) is 20.0. The van der Waals surface area contributed by atoms with Crippen molar-refractivity contribution >= 4 is 16.9 Å². The van der Waals surface area contributed by atoms with E-state index < -0.39 is 0 Å². The number of nitrogens with zero attached hydrogens (tertiary/aromatic N) is 3. The summed E-state index contributed by atoms with van der Waals surface area (Å²) >= 11 is 0. The van der Waals surface area contributed by atoms with Gasteiger partial charge in [0.1, 0.15) is 24.7 Å². The van der Waals surface area contributed by atoms with Crippen LogP contribution in [0.3, 0.4) is 0 Å². The van der Waals surface area contributed by atoms with Crippen molar-refractivity contribution in [2.45, 2.75) is 46.4 Å². The van der Waals surface area contributed by atoms with Gasteiger partial charge in [0.25, 0.3) is 0 Å². The molecule has 0 aliphatic rings.